The van der Waals surface area contributed by atoms with E-state index in [0.29, 0.717) is 12.4 Å². The minimum Gasteiger partial charge on any atom is -0.496 e. The van der Waals surface area contributed by atoms with Crippen molar-refractivity contribution in [3.63, 3.8) is 0 Å². The molecule has 0 aliphatic rings. The van der Waals surface area contributed by atoms with Crippen LogP contribution in [0.15, 0.2) is 34.9 Å². The van der Waals surface area contributed by atoms with Crippen molar-refractivity contribution in [2.75, 3.05) is 19.5 Å². The van der Waals surface area contributed by atoms with E-state index in [0.717, 1.165) is 15.8 Å². The number of nitrogens with one attached hydrogen (secondary N) is 1. The average Bonchev–Trinajstić information content (AvgIpc) is 3.02. The van der Waals surface area contributed by atoms with Crippen LogP contribution in [-0.4, -0.2) is 40.8 Å². The highest BCUT2D eigenvalue weighted by Gasteiger charge is 2.21. The summed E-state index contributed by atoms with van der Waals surface area (Å²) < 4.78 is 8.18. The number of nitrogens with zero attached hydrogens (tertiary/aromatic N) is 3. The summed E-state index contributed by atoms with van der Waals surface area (Å²) in [5.41, 5.74) is 1.02. The second kappa shape index (κ2) is 8.49. The van der Waals surface area contributed by atoms with E-state index in [-0.39, 0.29) is 18.0 Å². The van der Waals surface area contributed by atoms with Gasteiger partial charge >= 0.3 is 0 Å². The van der Waals surface area contributed by atoms with Crippen molar-refractivity contribution in [2.24, 2.45) is 0 Å². The molecule has 7 heteroatoms. The van der Waals surface area contributed by atoms with Crippen molar-refractivity contribution in [3.05, 3.63) is 40.5 Å². The molecule has 25 heavy (non-hydrogen) atoms. The number of anilines is 1. The monoisotopic (exact) mass is 408 g/mol. The average molecular weight is 409 g/mol. The van der Waals surface area contributed by atoms with Crippen LogP contribution in [-0.2, 0) is 11.3 Å². The van der Waals surface area contributed by atoms with Gasteiger partial charge in [-0.05, 0) is 46.0 Å². The summed E-state index contributed by atoms with van der Waals surface area (Å²) in [6.07, 6.45) is 1.69. The molecular weight excluding hydrogens is 384 g/mol. The van der Waals surface area contributed by atoms with Crippen LogP contribution in [0.3, 0.4) is 0 Å². The third-order valence-electron chi connectivity index (χ3n) is 4.11. The van der Waals surface area contributed by atoms with Crippen LogP contribution < -0.4 is 10.1 Å². The minimum absolute atomic E-state index is 0.0705. The molecular formula is C18H25BrN4O2. The van der Waals surface area contributed by atoms with Gasteiger partial charge in [-0.15, -0.1) is 0 Å². The Kier molecular flexibility index (Phi) is 6.61. The van der Waals surface area contributed by atoms with Gasteiger partial charge in [-0.2, -0.15) is 5.10 Å². The van der Waals surface area contributed by atoms with E-state index < -0.39 is 0 Å². The van der Waals surface area contributed by atoms with Gasteiger partial charge in [-0.3, -0.25) is 9.69 Å². The molecule has 0 spiro atoms. The number of hydrogen-bond acceptors (Lipinski definition) is 4. The van der Waals surface area contributed by atoms with Gasteiger partial charge in [0.15, 0.2) is 0 Å². The van der Waals surface area contributed by atoms with Crippen LogP contribution in [0.5, 0.6) is 5.75 Å². The van der Waals surface area contributed by atoms with Crippen molar-refractivity contribution < 1.29 is 9.53 Å². The van der Waals surface area contributed by atoms with Crippen molar-refractivity contribution in [2.45, 2.75) is 39.4 Å². The fourth-order valence-electron chi connectivity index (χ4n) is 2.53. The number of halogens is 1. The Balaban J connectivity index is 2.06. The molecule has 2 rings (SSSR count). The van der Waals surface area contributed by atoms with Gasteiger partial charge in [0.25, 0.3) is 0 Å². The lowest BCUT2D eigenvalue weighted by Gasteiger charge is -2.25. The normalized spacial score (nSPS) is 12.5. The maximum absolute atomic E-state index is 12.6. The molecule has 0 radical (unpaired) electrons. The SMILES string of the molecule is COc1ccc(Br)cc1CN(C)[C@@H](C)C(=O)Nc1ccnn1C(C)C. The summed E-state index contributed by atoms with van der Waals surface area (Å²) in [5.74, 6) is 1.44. The predicted octanol–water partition coefficient (Wildman–Crippen LogP) is 3.69. The molecule has 6 nitrogen and oxygen atoms in total. The molecule has 0 unspecified atom stereocenters. The number of carbonyl (C=O) groups excluding carboxylic acids is 1. The van der Waals surface area contributed by atoms with Crippen LogP contribution in [0.1, 0.15) is 32.4 Å². The quantitative estimate of drug-likeness (QED) is 0.758. The molecule has 1 heterocycles. The summed E-state index contributed by atoms with van der Waals surface area (Å²) in [4.78, 5) is 14.6. The van der Waals surface area contributed by atoms with Crippen LogP contribution in [0.4, 0.5) is 5.82 Å². The molecule has 1 aromatic carbocycles. The first-order valence-corrected chi connectivity index (χ1v) is 8.99. The van der Waals surface area contributed by atoms with E-state index in [1.54, 1.807) is 18.0 Å². The summed E-state index contributed by atoms with van der Waals surface area (Å²) in [7, 11) is 3.57. The molecule has 1 atom stereocenters. The van der Waals surface area contributed by atoms with Gasteiger partial charge in [0.05, 0.1) is 19.3 Å². The van der Waals surface area contributed by atoms with E-state index in [1.165, 1.54) is 0 Å². The van der Waals surface area contributed by atoms with Gasteiger partial charge in [0.2, 0.25) is 5.91 Å². The fraction of sp³-hybridized carbons (Fsp3) is 0.444. The van der Waals surface area contributed by atoms with Crippen LogP contribution in [0, 0.1) is 0 Å². The second-order valence-corrected chi connectivity index (χ2v) is 7.21. The molecule has 1 amide bonds. The maximum Gasteiger partial charge on any atom is 0.242 e. The molecule has 1 N–H and O–H groups in total. The lowest BCUT2D eigenvalue weighted by Crippen LogP contribution is -2.39. The molecule has 0 bridgehead atoms. The van der Waals surface area contributed by atoms with E-state index in [1.807, 2.05) is 57.0 Å². The lowest BCUT2D eigenvalue weighted by atomic mass is 10.1. The number of benzene rings is 1. The molecule has 0 aliphatic carbocycles. The highest BCUT2D eigenvalue weighted by atomic mass is 79.9. The van der Waals surface area contributed by atoms with Crippen molar-refractivity contribution in [3.8, 4) is 5.75 Å². The van der Waals surface area contributed by atoms with Gasteiger partial charge in [-0.25, -0.2) is 4.68 Å². The predicted molar refractivity (Wildman–Crippen MR) is 103 cm³/mol. The summed E-state index contributed by atoms with van der Waals surface area (Å²) in [6.45, 7) is 6.53. The summed E-state index contributed by atoms with van der Waals surface area (Å²) in [5, 5.41) is 7.20. The summed E-state index contributed by atoms with van der Waals surface area (Å²) in [6, 6.07) is 7.55. The van der Waals surface area contributed by atoms with E-state index in [9.17, 15) is 4.79 Å². The van der Waals surface area contributed by atoms with Crippen molar-refractivity contribution in [1.82, 2.24) is 14.7 Å². The Morgan fingerprint density at radius 2 is 2.08 bits per heavy atom. The molecule has 0 saturated heterocycles. The molecule has 1 aromatic heterocycles. The summed E-state index contributed by atoms with van der Waals surface area (Å²) >= 11 is 3.48. The van der Waals surface area contributed by atoms with E-state index in [4.69, 9.17) is 4.74 Å². The Morgan fingerprint density at radius 3 is 2.72 bits per heavy atom. The third-order valence-corrected chi connectivity index (χ3v) is 4.61. The van der Waals surface area contributed by atoms with Gasteiger partial charge in [0, 0.05) is 28.7 Å². The number of carbonyl (C=O) groups is 1. The smallest absolute Gasteiger partial charge is 0.242 e. The zero-order chi connectivity index (χ0) is 18.6. The van der Waals surface area contributed by atoms with Crippen molar-refractivity contribution in [1.29, 1.82) is 0 Å². The highest BCUT2D eigenvalue weighted by molar-refractivity contribution is 9.10. The number of methoxy groups -OCH3 is 1. The Bertz CT molecular complexity index is 730. The zero-order valence-electron chi connectivity index (χ0n) is 15.3. The first-order chi connectivity index (χ1) is 11.8. The Hall–Kier alpha value is -1.86. The standard InChI is InChI=1S/C18H25BrN4O2/c1-12(2)23-17(8-9-20-23)21-18(24)13(3)22(4)11-14-10-15(19)6-7-16(14)25-5/h6-10,12-13H,11H2,1-5H3,(H,21,24)/t13-/m0/s1. The number of ether oxygens (including phenoxy) is 1. The molecule has 0 fully saturated rings. The lowest BCUT2D eigenvalue weighted by molar-refractivity contribution is -0.120. The van der Waals surface area contributed by atoms with Gasteiger partial charge < -0.3 is 10.1 Å². The van der Waals surface area contributed by atoms with Gasteiger partial charge in [0.1, 0.15) is 11.6 Å². The third kappa shape index (κ3) is 4.83. The molecule has 0 aliphatic heterocycles. The Morgan fingerprint density at radius 1 is 1.36 bits per heavy atom. The highest BCUT2D eigenvalue weighted by Crippen LogP contribution is 2.24. The van der Waals surface area contributed by atoms with E-state index >= 15 is 0 Å². The number of rotatable bonds is 7. The number of hydrogen-bond donors (Lipinski definition) is 1. The zero-order valence-corrected chi connectivity index (χ0v) is 16.9. The number of amides is 1. The molecule has 2 aromatic rings. The molecule has 136 valence electrons. The first-order valence-electron chi connectivity index (χ1n) is 8.20. The topological polar surface area (TPSA) is 59.4 Å². The minimum atomic E-state index is -0.306. The van der Waals surface area contributed by atoms with Crippen LogP contribution in [0.25, 0.3) is 0 Å². The van der Waals surface area contributed by atoms with Gasteiger partial charge in [-0.1, -0.05) is 15.9 Å². The second-order valence-electron chi connectivity index (χ2n) is 6.29. The van der Waals surface area contributed by atoms with Crippen molar-refractivity contribution >= 4 is 27.7 Å². The van der Waals surface area contributed by atoms with E-state index in [2.05, 4.69) is 26.3 Å². The largest absolute Gasteiger partial charge is 0.496 e. The maximum atomic E-state index is 12.6. The first kappa shape index (κ1) is 19.5. The van der Waals surface area contributed by atoms with Crippen LogP contribution >= 0.6 is 15.9 Å². The molecule has 0 saturated carbocycles. The number of aromatic nitrogens is 2. The number of likely N-dealkylation sites (N-methyl/N-ethyl adjacent to an activating group) is 1. The fourth-order valence-corrected chi connectivity index (χ4v) is 2.94. The Labute approximate surface area is 157 Å². The van der Waals surface area contributed by atoms with Crippen LogP contribution in [0.2, 0.25) is 0 Å².